The number of hydrogen-bond donors (Lipinski definition) is 1. The van der Waals surface area contributed by atoms with E-state index in [2.05, 4.69) is 4.98 Å². The first-order valence-electron chi connectivity index (χ1n) is 6.00. The summed E-state index contributed by atoms with van der Waals surface area (Å²) in [6.07, 6.45) is 0.0373. The number of thiazole rings is 1. The van der Waals surface area contributed by atoms with E-state index < -0.39 is 18.5 Å². The molecule has 20 heavy (non-hydrogen) atoms. The number of aryl methyl sites for hydroxylation is 1. The maximum Gasteiger partial charge on any atom is 0.312 e. The van der Waals surface area contributed by atoms with Crippen LogP contribution in [0.15, 0.2) is 29.6 Å². The minimum Gasteiger partial charge on any atom is -0.455 e. The van der Waals surface area contributed by atoms with Gasteiger partial charge in [0, 0.05) is 10.9 Å². The first-order valence-corrected chi connectivity index (χ1v) is 6.88. The van der Waals surface area contributed by atoms with E-state index in [9.17, 15) is 9.59 Å². The Morgan fingerprint density at radius 2 is 2.20 bits per heavy atom. The highest BCUT2D eigenvalue weighted by molar-refractivity contribution is 7.13. The number of ether oxygens (including phenoxy) is 1. The number of aromatic nitrogens is 1. The van der Waals surface area contributed by atoms with Gasteiger partial charge in [0.1, 0.15) is 5.01 Å². The van der Waals surface area contributed by atoms with E-state index in [1.54, 1.807) is 0 Å². The molecule has 1 aromatic carbocycles. The van der Waals surface area contributed by atoms with E-state index >= 15 is 0 Å². The van der Waals surface area contributed by atoms with E-state index in [1.807, 2.05) is 36.6 Å². The average Bonchev–Trinajstić information content (AvgIpc) is 2.85. The predicted octanol–water partition coefficient (Wildman–Crippen LogP) is 1.69. The van der Waals surface area contributed by atoms with E-state index in [0.717, 1.165) is 16.1 Å². The number of benzene rings is 1. The second kappa shape index (κ2) is 6.29. The number of hydrogen-bond acceptors (Lipinski definition) is 5. The lowest BCUT2D eigenvalue weighted by atomic mass is 10.1. The summed E-state index contributed by atoms with van der Waals surface area (Å²) in [5.74, 6) is -1.18. The molecular formula is C14H14N2O3S. The van der Waals surface area contributed by atoms with E-state index in [0.29, 0.717) is 5.69 Å². The van der Waals surface area contributed by atoms with E-state index in [1.165, 1.54) is 11.3 Å². The molecule has 1 heterocycles. The Labute approximate surface area is 120 Å². The van der Waals surface area contributed by atoms with Crippen LogP contribution in [-0.2, 0) is 20.7 Å². The number of carbonyl (C=O) groups excluding carboxylic acids is 2. The lowest BCUT2D eigenvalue weighted by Crippen LogP contribution is -2.21. The number of nitrogens with two attached hydrogens (primary N) is 1. The summed E-state index contributed by atoms with van der Waals surface area (Å²) in [5.41, 5.74) is 7.70. The van der Waals surface area contributed by atoms with Gasteiger partial charge in [-0.25, -0.2) is 4.98 Å². The van der Waals surface area contributed by atoms with Crippen molar-refractivity contribution < 1.29 is 14.3 Å². The molecule has 0 saturated heterocycles. The van der Waals surface area contributed by atoms with Gasteiger partial charge in [0.15, 0.2) is 6.61 Å². The molecule has 0 saturated carbocycles. The zero-order valence-electron chi connectivity index (χ0n) is 11.0. The van der Waals surface area contributed by atoms with Crippen LogP contribution < -0.4 is 5.73 Å². The highest BCUT2D eigenvalue weighted by Gasteiger charge is 2.11. The molecule has 0 aliphatic carbocycles. The molecule has 0 radical (unpaired) electrons. The van der Waals surface area contributed by atoms with Gasteiger partial charge in [-0.15, -0.1) is 11.3 Å². The van der Waals surface area contributed by atoms with Gasteiger partial charge in [-0.3, -0.25) is 9.59 Å². The number of nitrogens with zero attached hydrogens (tertiary/aromatic N) is 1. The molecule has 104 valence electrons. The minimum atomic E-state index is -0.669. The highest BCUT2D eigenvalue weighted by atomic mass is 32.1. The molecule has 2 rings (SSSR count). The molecule has 0 bridgehead atoms. The summed E-state index contributed by atoms with van der Waals surface area (Å²) in [5, 5.41) is 2.66. The topological polar surface area (TPSA) is 82.3 Å². The fourth-order valence-electron chi connectivity index (χ4n) is 1.65. The molecule has 0 fully saturated rings. The number of carbonyl (C=O) groups is 2. The highest BCUT2D eigenvalue weighted by Crippen LogP contribution is 2.24. The third-order valence-corrected chi connectivity index (χ3v) is 3.46. The molecule has 2 N–H and O–H groups in total. The smallest absolute Gasteiger partial charge is 0.312 e. The summed E-state index contributed by atoms with van der Waals surface area (Å²) in [7, 11) is 0. The van der Waals surface area contributed by atoms with Gasteiger partial charge in [0.25, 0.3) is 5.91 Å². The standard InChI is InChI=1S/C14H14N2O3S/c1-9-3-2-4-10(5-9)14-16-11(8-20-14)6-13(18)19-7-12(15)17/h2-5,8H,6-7H2,1H3,(H2,15,17). The lowest BCUT2D eigenvalue weighted by molar-refractivity contribution is -0.147. The molecule has 1 amide bonds. The van der Waals surface area contributed by atoms with Crippen LogP contribution in [0.5, 0.6) is 0 Å². The fourth-order valence-corrected chi connectivity index (χ4v) is 2.47. The Bertz CT molecular complexity index is 637. The zero-order valence-corrected chi connectivity index (χ0v) is 11.8. The largest absolute Gasteiger partial charge is 0.455 e. The Kier molecular flexibility index (Phi) is 4.47. The summed E-state index contributed by atoms with van der Waals surface area (Å²) in [4.78, 5) is 26.4. The zero-order chi connectivity index (χ0) is 14.5. The number of primary amides is 1. The normalized spacial score (nSPS) is 10.2. The third-order valence-electron chi connectivity index (χ3n) is 2.52. The fraction of sp³-hybridized carbons (Fsp3) is 0.214. The quantitative estimate of drug-likeness (QED) is 0.849. The van der Waals surface area contributed by atoms with Gasteiger partial charge in [-0.05, 0) is 13.0 Å². The van der Waals surface area contributed by atoms with Gasteiger partial charge in [0.05, 0.1) is 12.1 Å². The van der Waals surface area contributed by atoms with Crippen molar-refractivity contribution in [2.75, 3.05) is 6.61 Å². The molecule has 6 heteroatoms. The van der Waals surface area contributed by atoms with Crippen LogP contribution in [0, 0.1) is 6.92 Å². The van der Waals surface area contributed by atoms with Crippen molar-refractivity contribution in [1.82, 2.24) is 4.98 Å². The second-order valence-electron chi connectivity index (χ2n) is 4.32. The van der Waals surface area contributed by atoms with Crippen molar-refractivity contribution in [2.45, 2.75) is 13.3 Å². The van der Waals surface area contributed by atoms with Gasteiger partial charge in [-0.2, -0.15) is 0 Å². The Hall–Kier alpha value is -2.21. The van der Waals surface area contributed by atoms with Crippen molar-refractivity contribution in [3.8, 4) is 10.6 Å². The van der Waals surface area contributed by atoms with Crippen molar-refractivity contribution in [3.63, 3.8) is 0 Å². The Balaban J connectivity index is 2.02. The van der Waals surface area contributed by atoms with E-state index in [-0.39, 0.29) is 6.42 Å². The van der Waals surface area contributed by atoms with Crippen LogP contribution in [0.25, 0.3) is 10.6 Å². The van der Waals surface area contributed by atoms with Gasteiger partial charge < -0.3 is 10.5 Å². The minimum absolute atomic E-state index is 0.0373. The maximum absolute atomic E-state index is 11.5. The summed E-state index contributed by atoms with van der Waals surface area (Å²) >= 11 is 1.47. The number of rotatable bonds is 5. The van der Waals surface area contributed by atoms with Crippen molar-refractivity contribution >= 4 is 23.2 Å². The predicted molar refractivity (Wildman–Crippen MR) is 76.1 cm³/mol. The van der Waals surface area contributed by atoms with Crippen molar-refractivity contribution in [3.05, 3.63) is 40.9 Å². The SMILES string of the molecule is Cc1cccc(-c2nc(CC(=O)OCC(N)=O)cs2)c1. The number of esters is 1. The monoisotopic (exact) mass is 290 g/mol. The summed E-state index contributed by atoms with van der Waals surface area (Å²) in [6, 6.07) is 7.99. The first-order chi connectivity index (χ1) is 9.54. The molecule has 0 aliphatic heterocycles. The average molecular weight is 290 g/mol. The summed E-state index contributed by atoms with van der Waals surface area (Å²) < 4.78 is 4.69. The lowest BCUT2D eigenvalue weighted by Gasteiger charge is -2.00. The second-order valence-corrected chi connectivity index (χ2v) is 5.18. The van der Waals surface area contributed by atoms with Crippen molar-refractivity contribution in [1.29, 1.82) is 0 Å². The molecule has 0 aliphatic rings. The van der Waals surface area contributed by atoms with Gasteiger partial charge >= 0.3 is 5.97 Å². The van der Waals surface area contributed by atoms with Crippen LogP contribution >= 0.6 is 11.3 Å². The molecule has 0 spiro atoms. The third kappa shape index (κ3) is 3.89. The van der Waals surface area contributed by atoms with Gasteiger partial charge in [0.2, 0.25) is 0 Å². The molecule has 2 aromatic rings. The molecule has 0 unspecified atom stereocenters. The van der Waals surface area contributed by atoms with Crippen LogP contribution in [0.2, 0.25) is 0 Å². The van der Waals surface area contributed by atoms with Gasteiger partial charge in [-0.1, -0.05) is 23.8 Å². The Morgan fingerprint density at radius 1 is 1.40 bits per heavy atom. The van der Waals surface area contributed by atoms with Crippen LogP contribution in [0.4, 0.5) is 0 Å². The van der Waals surface area contributed by atoms with E-state index in [4.69, 9.17) is 10.5 Å². The molecule has 5 nitrogen and oxygen atoms in total. The van der Waals surface area contributed by atoms with Crippen LogP contribution in [-0.4, -0.2) is 23.5 Å². The molecule has 1 aromatic heterocycles. The maximum atomic E-state index is 11.5. The molecular weight excluding hydrogens is 276 g/mol. The number of amides is 1. The van der Waals surface area contributed by atoms with Crippen LogP contribution in [0.1, 0.15) is 11.3 Å². The Morgan fingerprint density at radius 3 is 2.90 bits per heavy atom. The van der Waals surface area contributed by atoms with Crippen molar-refractivity contribution in [2.24, 2.45) is 5.73 Å². The summed E-state index contributed by atoms with van der Waals surface area (Å²) in [6.45, 7) is 1.62. The van der Waals surface area contributed by atoms with Crippen LogP contribution in [0.3, 0.4) is 0 Å². The first kappa shape index (κ1) is 14.2. The molecule has 0 atom stereocenters.